The molecular formula is C13H22N2O4. The third-order valence-electron chi connectivity index (χ3n) is 3.80. The largest absolute Gasteiger partial charge is 0.480 e. The van der Waals surface area contributed by atoms with Crippen LogP contribution in [0.15, 0.2) is 0 Å². The summed E-state index contributed by atoms with van der Waals surface area (Å²) >= 11 is 0. The summed E-state index contributed by atoms with van der Waals surface area (Å²) in [6.45, 7) is 2.87. The number of nitrogens with zero attached hydrogens (tertiary/aromatic N) is 2. The standard InChI is InChI=1S/C13H22N2O4/c1-2-3-6-14(9-4-5-9)13(19)15-8-10(16)7-11(15)12(17)18/h9-11,16H,2-8H2,1H3,(H,17,18)/t10?,11-/m0/s1. The Kier molecular flexibility index (Phi) is 4.29. The number of carbonyl (C=O) groups excluding carboxylic acids is 1. The number of hydrogen-bond donors (Lipinski definition) is 2. The quantitative estimate of drug-likeness (QED) is 0.777. The number of rotatable bonds is 5. The predicted molar refractivity (Wildman–Crippen MR) is 68.8 cm³/mol. The molecule has 0 spiro atoms. The molecule has 19 heavy (non-hydrogen) atoms. The van der Waals surface area contributed by atoms with E-state index in [0.29, 0.717) is 6.54 Å². The van der Waals surface area contributed by atoms with Crippen molar-refractivity contribution in [1.29, 1.82) is 0 Å². The lowest BCUT2D eigenvalue weighted by atomic mass is 10.2. The van der Waals surface area contributed by atoms with Crippen molar-refractivity contribution in [2.75, 3.05) is 13.1 Å². The molecular weight excluding hydrogens is 248 g/mol. The first-order valence-corrected chi connectivity index (χ1v) is 7.02. The average Bonchev–Trinajstić information content (AvgIpc) is 3.11. The third kappa shape index (κ3) is 3.18. The summed E-state index contributed by atoms with van der Waals surface area (Å²) in [6, 6.07) is -0.837. The van der Waals surface area contributed by atoms with Gasteiger partial charge in [-0.05, 0) is 19.3 Å². The minimum absolute atomic E-state index is 0.130. The van der Waals surface area contributed by atoms with Crippen LogP contribution in [0, 0.1) is 0 Å². The van der Waals surface area contributed by atoms with Gasteiger partial charge in [-0.15, -0.1) is 0 Å². The van der Waals surface area contributed by atoms with Crippen molar-refractivity contribution >= 4 is 12.0 Å². The SMILES string of the molecule is CCCCN(C(=O)N1CC(O)C[C@H]1C(=O)O)C1CC1. The molecule has 2 fully saturated rings. The Hall–Kier alpha value is -1.30. The number of urea groups is 1. The first-order chi connectivity index (χ1) is 9.04. The van der Waals surface area contributed by atoms with Crippen molar-refractivity contribution in [2.45, 2.75) is 57.2 Å². The normalized spacial score (nSPS) is 26.5. The van der Waals surface area contributed by atoms with Gasteiger partial charge in [0.15, 0.2) is 0 Å². The molecule has 1 unspecified atom stereocenters. The Morgan fingerprint density at radius 1 is 1.37 bits per heavy atom. The van der Waals surface area contributed by atoms with Crippen LogP contribution in [0.4, 0.5) is 4.79 Å². The van der Waals surface area contributed by atoms with Gasteiger partial charge >= 0.3 is 12.0 Å². The van der Waals surface area contributed by atoms with Crippen molar-refractivity contribution in [1.82, 2.24) is 9.80 Å². The van der Waals surface area contributed by atoms with Gasteiger partial charge in [-0.1, -0.05) is 13.3 Å². The molecule has 0 bridgehead atoms. The summed E-state index contributed by atoms with van der Waals surface area (Å²) in [5, 5.41) is 18.7. The number of β-amino-alcohol motifs (C(OH)–C–C–N with tert-alkyl or cyclic N) is 1. The molecule has 6 nitrogen and oxygen atoms in total. The van der Waals surface area contributed by atoms with Crippen LogP contribution in [-0.4, -0.2) is 63.3 Å². The maximum absolute atomic E-state index is 12.5. The smallest absolute Gasteiger partial charge is 0.326 e. The van der Waals surface area contributed by atoms with Crippen LogP contribution in [0.5, 0.6) is 0 Å². The molecule has 0 aromatic heterocycles. The second kappa shape index (κ2) is 5.77. The first kappa shape index (κ1) is 14.1. The van der Waals surface area contributed by atoms with Crippen LogP contribution in [0.1, 0.15) is 39.0 Å². The van der Waals surface area contributed by atoms with E-state index < -0.39 is 18.1 Å². The van der Waals surface area contributed by atoms with Gasteiger partial charge in [0.05, 0.1) is 6.10 Å². The molecule has 6 heteroatoms. The van der Waals surface area contributed by atoms with E-state index in [2.05, 4.69) is 6.92 Å². The van der Waals surface area contributed by atoms with Crippen molar-refractivity contribution in [3.63, 3.8) is 0 Å². The molecule has 1 aliphatic carbocycles. The van der Waals surface area contributed by atoms with Gasteiger partial charge < -0.3 is 20.0 Å². The van der Waals surface area contributed by atoms with Gasteiger partial charge in [-0.3, -0.25) is 0 Å². The van der Waals surface area contributed by atoms with Crippen molar-refractivity contribution in [3.05, 3.63) is 0 Å². The number of carboxylic acid groups (broad SMARTS) is 1. The molecule has 2 amide bonds. The topological polar surface area (TPSA) is 81.1 Å². The molecule has 2 aliphatic rings. The highest BCUT2D eigenvalue weighted by molar-refractivity contribution is 5.83. The number of likely N-dealkylation sites (tertiary alicyclic amines) is 1. The Morgan fingerprint density at radius 3 is 2.58 bits per heavy atom. The van der Waals surface area contributed by atoms with Gasteiger partial charge in [-0.25, -0.2) is 9.59 Å². The minimum Gasteiger partial charge on any atom is -0.480 e. The monoisotopic (exact) mass is 270 g/mol. The molecule has 0 radical (unpaired) electrons. The van der Waals surface area contributed by atoms with E-state index >= 15 is 0 Å². The highest BCUT2D eigenvalue weighted by Crippen LogP contribution is 2.30. The Labute approximate surface area is 113 Å². The van der Waals surface area contributed by atoms with E-state index in [4.69, 9.17) is 5.11 Å². The summed E-state index contributed by atoms with van der Waals surface area (Å²) in [6.07, 6.45) is 3.34. The molecule has 108 valence electrons. The highest BCUT2D eigenvalue weighted by Gasteiger charge is 2.43. The van der Waals surface area contributed by atoms with Crippen molar-refractivity contribution in [3.8, 4) is 0 Å². The van der Waals surface area contributed by atoms with E-state index in [-0.39, 0.29) is 25.0 Å². The van der Waals surface area contributed by atoms with E-state index in [0.717, 1.165) is 25.7 Å². The van der Waals surface area contributed by atoms with Crippen LogP contribution < -0.4 is 0 Å². The molecule has 1 aliphatic heterocycles. The summed E-state index contributed by atoms with van der Waals surface area (Å²) in [7, 11) is 0. The first-order valence-electron chi connectivity index (χ1n) is 7.02. The Morgan fingerprint density at radius 2 is 2.05 bits per heavy atom. The van der Waals surface area contributed by atoms with Crippen LogP contribution in [-0.2, 0) is 4.79 Å². The van der Waals surface area contributed by atoms with Gasteiger partial charge in [-0.2, -0.15) is 0 Å². The van der Waals surface area contributed by atoms with Gasteiger partial charge in [0.25, 0.3) is 0 Å². The van der Waals surface area contributed by atoms with E-state index in [1.54, 1.807) is 4.90 Å². The van der Waals surface area contributed by atoms with Gasteiger partial charge in [0.2, 0.25) is 0 Å². The number of aliphatic hydroxyl groups excluding tert-OH is 1. The lowest BCUT2D eigenvalue weighted by molar-refractivity contribution is -0.141. The average molecular weight is 270 g/mol. The fourth-order valence-corrected chi connectivity index (χ4v) is 2.57. The second-order valence-electron chi connectivity index (χ2n) is 5.46. The summed E-state index contributed by atoms with van der Waals surface area (Å²) < 4.78 is 0. The van der Waals surface area contributed by atoms with E-state index in [1.165, 1.54) is 4.90 Å². The Bertz CT molecular complexity index is 357. The van der Waals surface area contributed by atoms with Crippen molar-refractivity contribution < 1.29 is 19.8 Å². The van der Waals surface area contributed by atoms with Crippen molar-refractivity contribution in [2.24, 2.45) is 0 Å². The zero-order valence-electron chi connectivity index (χ0n) is 11.3. The maximum Gasteiger partial charge on any atom is 0.326 e. The zero-order valence-corrected chi connectivity index (χ0v) is 11.3. The molecule has 1 saturated heterocycles. The number of carbonyl (C=O) groups is 2. The highest BCUT2D eigenvalue weighted by atomic mass is 16.4. The fraction of sp³-hybridized carbons (Fsp3) is 0.846. The maximum atomic E-state index is 12.5. The van der Waals surface area contributed by atoms with Gasteiger partial charge in [0, 0.05) is 25.6 Å². The molecule has 1 saturated carbocycles. The van der Waals surface area contributed by atoms with Crippen LogP contribution >= 0.6 is 0 Å². The second-order valence-corrected chi connectivity index (χ2v) is 5.46. The zero-order chi connectivity index (χ0) is 14.0. The number of amides is 2. The molecule has 1 heterocycles. The number of carboxylic acids is 1. The molecule has 2 atom stereocenters. The van der Waals surface area contributed by atoms with Crippen LogP contribution in [0.2, 0.25) is 0 Å². The summed E-state index contributed by atoms with van der Waals surface area (Å²) in [5.74, 6) is -1.03. The predicted octanol–water partition coefficient (Wildman–Crippen LogP) is 0.891. The molecule has 2 rings (SSSR count). The number of unbranched alkanes of at least 4 members (excludes halogenated alkanes) is 1. The summed E-state index contributed by atoms with van der Waals surface area (Å²) in [5.41, 5.74) is 0. The minimum atomic E-state index is -1.03. The fourth-order valence-electron chi connectivity index (χ4n) is 2.57. The number of aliphatic carboxylic acids is 1. The van der Waals surface area contributed by atoms with Crippen LogP contribution in [0.3, 0.4) is 0 Å². The number of hydrogen-bond acceptors (Lipinski definition) is 3. The Balaban J connectivity index is 2.05. The molecule has 0 aromatic rings. The third-order valence-corrected chi connectivity index (χ3v) is 3.80. The van der Waals surface area contributed by atoms with E-state index in [1.807, 2.05) is 0 Å². The van der Waals surface area contributed by atoms with Gasteiger partial charge in [0.1, 0.15) is 6.04 Å². The molecule has 0 aromatic carbocycles. The molecule has 2 N–H and O–H groups in total. The number of aliphatic hydroxyl groups is 1. The van der Waals surface area contributed by atoms with E-state index in [9.17, 15) is 14.7 Å². The van der Waals surface area contributed by atoms with Crippen LogP contribution in [0.25, 0.3) is 0 Å². The summed E-state index contributed by atoms with van der Waals surface area (Å²) in [4.78, 5) is 26.7. The lowest BCUT2D eigenvalue weighted by Gasteiger charge is -2.30. The lowest BCUT2D eigenvalue weighted by Crippen LogP contribution is -2.49.